The third kappa shape index (κ3) is 6.35. The third-order valence-electron chi connectivity index (χ3n) is 5.00. The number of hydrogen-bond acceptors (Lipinski definition) is 7. The molecule has 0 aliphatic rings. The molecule has 9 nitrogen and oxygen atoms in total. The van der Waals surface area contributed by atoms with Crippen LogP contribution in [0.2, 0.25) is 0 Å². The number of nitrogens with zero attached hydrogens (tertiary/aromatic N) is 2. The Labute approximate surface area is 218 Å². The van der Waals surface area contributed by atoms with E-state index in [9.17, 15) is 18.3 Å². The molecule has 0 saturated heterocycles. The highest BCUT2D eigenvalue weighted by Gasteiger charge is 2.29. The van der Waals surface area contributed by atoms with E-state index in [0.29, 0.717) is 22.4 Å². The van der Waals surface area contributed by atoms with Crippen LogP contribution in [0.25, 0.3) is 0 Å². The Morgan fingerprint density at radius 3 is 2.50 bits per heavy atom. The fourth-order valence-corrected chi connectivity index (χ4v) is 5.14. The molecule has 1 amide bonds. The number of sulfonamides is 1. The monoisotopic (exact) mass is 575 g/mol. The van der Waals surface area contributed by atoms with Crippen molar-refractivity contribution in [1.82, 2.24) is 5.43 Å². The van der Waals surface area contributed by atoms with E-state index in [1.807, 2.05) is 6.92 Å². The molecule has 0 radical (unpaired) electrons. The number of amides is 1. The molecule has 0 saturated carbocycles. The normalized spacial score (nSPS) is 11.3. The van der Waals surface area contributed by atoms with Crippen LogP contribution in [0, 0.1) is 6.92 Å². The molecule has 0 spiro atoms. The van der Waals surface area contributed by atoms with E-state index < -0.39 is 22.5 Å². The van der Waals surface area contributed by atoms with Crippen LogP contribution < -0.4 is 19.2 Å². The van der Waals surface area contributed by atoms with Gasteiger partial charge >= 0.3 is 0 Å². The van der Waals surface area contributed by atoms with Gasteiger partial charge in [0.15, 0.2) is 11.5 Å². The first-order valence-corrected chi connectivity index (χ1v) is 13.1. The number of hydrogen-bond donors (Lipinski definition) is 2. The maximum absolute atomic E-state index is 13.6. The van der Waals surface area contributed by atoms with E-state index in [1.165, 1.54) is 31.5 Å². The lowest BCUT2D eigenvalue weighted by Crippen LogP contribution is -2.39. The second kappa shape index (κ2) is 11.9. The molecule has 2 N–H and O–H groups in total. The first-order chi connectivity index (χ1) is 17.2. The zero-order valence-electron chi connectivity index (χ0n) is 19.9. The van der Waals surface area contributed by atoms with Crippen molar-refractivity contribution in [2.45, 2.75) is 18.7 Å². The number of phenols is 1. The Hall–Kier alpha value is -3.57. The number of ether oxygens (including phenoxy) is 2. The number of phenolic OH excluding ortho intramolecular Hbond substituents is 1. The number of halogens is 1. The van der Waals surface area contributed by atoms with Gasteiger partial charge in [0.1, 0.15) is 12.3 Å². The maximum Gasteiger partial charge on any atom is 0.264 e. The lowest BCUT2D eigenvalue weighted by molar-refractivity contribution is -0.119. The molecule has 0 aliphatic heterocycles. The molecule has 3 aromatic carbocycles. The van der Waals surface area contributed by atoms with Gasteiger partial charge in [-0.3, -0.25) is 9.10 Å². The van der Waals surface area contributed by atoms with Gasteiger partial charge in [-0.05, 0) is 71.7 Å². The smallest absolute Gasteiger partial charge is 0.264 e. The van der Waals surface area contributed by atoms with Crippen LogP contribution in [-0.4, -0.2) is 45.9 Å². The molecule has 0 heterocycles. The number of carbonyl (C=O) groups is 1. The molecule has 0 aliphatic carbocycles. The zero-order valence-corrected chi connectivity index (χ0v) is 22.3. The molecule has 0 bridgehead atoms. The summed E-state index contributed by atoms with van der Waals surface area (Å²) in [5.41, 5.74) is 4.01. The maximum atomic E-state index is 13.6. The summed E-state index contributed by atoms with van der Waals surface area (Å²) in [6.45, 7) is 3.41. The first-order valence-electron chi connectivity index (χ1n) is 10.9. The molecule has 0 atom stereocenters. The fourth-order valence-electron chi connectivity index (χ4n) is 3.25. The minimum absolute atomic E-state index is 0.0386. The summed E-state index contributed by atoms with van der Waals surface area (Å²) in [5.74, 6) is -0.185. The highest BCUT2D eigenvalue weighted by Crippen LogP contribution is 2.35. The van der Waals surface area contributed by atoms with Crippen LogP contribution in [0.15, 0.2) is 75.1 Å². The minimum Gasteiger partial charge on any atom is -0.503 e. The summed E-state index contributed by atoms with van der Waals surface area (Å²) >= 11 is 3.22. The Morgan fingerprint density at radius 1 is 1.14 bits per heavy atom. The zero-order chi connectivity index (χ0) is 26.3. The summed E-state index contributed by atoms with van der Waals surface area (Å²) in [6, 6.07) is 16.1. The van der Waals surface area contributed by atoms with Crippen LogP contribution >= 0.6 is 15.9 Å². The molecule has 190 valence electrons. The van der Waals surface area contributed by atoms with Crippen LogP contribution in [-0.2, 0) is 14.8 Å². The lowest BCUT2D eigenvalue weighted by Gasteiger charge is -2.25. The van der Waals surface area contributed by atoms with Gasteiger partial charge in [-0.2, -0.15) is 5.10 Å². The van der Waals surface area contributed by atoms with Gasteiger partial charge in [0, 0.05) is 0 Å². The van der Waals surface area contributed by atoms with Gasteiger partial charge in [-0.1, -0.05) is 29.8 Å². The van der Waals surface area contributed by atoms with Crippen molar-refractivity contribution in [2.24, 2.45) is 5.10 Å². The van der Waals surface area contributed by atoms with Crippen molar-refractivity contribution in [3.8, 4) is 17.2 Å². The van der Waals surface area contributed by atoms with Crippen LogP contribution in [0.1, 0.15) is 18.1 Å². The number of para-hydroxylation sites is 2. The largest absolute Gasteiger partial charge is 0.503 e. The van der Waals surface area contributed by atoms with Crippen molar-refractivity contribution in [2.75, 3.05) is 24.6 Å². The van der Waals surface area contributed by atoms with Gasteiger partial charge in [-0.15, -0.1) is 0 Å². The molecule has 11 heteroatoms. The van der Waals surface area contributed by atoms with Crippen LogP contribution in [0.5, 0.6) is 17.2 Å². The van der Waals surface area contributed by atoms with Crippen molar-refractivity contribution in [3.05, 3.63) is 76.3 Å². The number of rotatable bonds is 10. The predicted octanol–water partition coefficient (Wildman–Crippen LogP) is 4.22. The van der Waals surface area contributed by atoms with E-state index in [2.05, 4.69) is 26.5 Å². The van der Waals surface area contributed by atoms with Crippen LogP contribution in [0.4, 0.5) is 5.69 Å². The van der Waals surface area contributed by atoms with Crippen molar-refractivity contribution in [3.63, 3.8) is 0 Å². The predicted molar refractivity (Wildman–Crippen MR) is 141 cm³/mol. The Bertz CT molecular complexity index is 1360. The second-order valence-corrected chi connectivity index (χ2v) is 10.3. The number of methoxy groups -OCH3 is 1. The number of nitrogens with one attached hydrogen (secondary N) is 1. The fraction of sp³-hybridized carbons (Fsp3) is 0.200. The number of aromatic hydroxyl groups is 1. The molecule has 0 unspecified atom stereocenters. The average Bonchev–Trinajstić information content (AvgIpc) is 2.85. The third-order valence-corrected chi connectivity index (χ3v) is 7.38. The van der Waals surface area contributed by atoms with Crippen molar-refractivity contribution >= 4 is 43.8 Å². The Balaban J connectivity index is 1.89. The van der Waals surface area contributed by atoms with Crippen molar-refractivity contribution < 1.29 is 27.8 Å². The topological polar surface area (TPSA) is 118 Å². The van der Waals surface area contributed by atoms with Crippen molar-refractivity contribution in [1.29, 1.82) is 0 Å². The van der Waals surface area contributed by atoms with E-state index in [4.69, 9.17) is 9.47 Å². The van der Waals surface area contributed by atoms with E-state index in [-0.39, 0.29) is 22.1 Å². The van der Waals surface area contributed by atoms with E-state index >= 15 is 0 Å². The van der Waals surface area contributed by atoms with Gasteiger partial charge in [0.25, 0.3) is 15.9 Å². The quantitative estimate of drug-likeness (QED) is 0.276. The first kappa shape index (κ1) is 27.0. The second-order valence-electron chi connectivity index (χ2n) is 7.57. The number of anilines is 1. The molecule has 36 heavy (non-hydrogen) atoms. The van der Waals surface area contributed by atoms with Crippen LogP contribution in [0.3, 0.4) is 0 Å². The average molecular weight is 576 g/mol. The van der Waals surface area contributed by atoms with Gasteiger partial charge in [-0.25, -0.2) is 13.8 Å². The molecular weight excluding hydrogens is 550 g/mol. The minimum atomic E-state index is -4.11. The summed E-state index contributed by atoms with van der Waals surface area (Å²) in [5, 5.41) is 13.9. The Kier molecular flexibility index (Phi) is 8.94. The summed E-state index contributed by atoms with van der Waals surface area (Å²) < 4.78 is 39.3. The van der Waals surface area contributed by atoms with E-state index in [0.717, 1.165) is 9.87 Å². The lowest BCUT2D eigenvalue weighted by atomic mass is 10.2. The summed E-state index contributed by atoms with van der Waals surface area (Å²) in [7, 11) is -2.70. The number of hydrazone groups is 1. The molecule has 3 rings (SSSR count). The number of benzene rings is 3. The standard InChI is InChI=1S/C25H26BrN3O6S/c1-4-35-22-8-6-5-7-21(22)29(36(32,33)19-11-9-17(2)10-12-19)16-24(30)28-27-15-18-13-20(26)25(31)23(14-18)34-3/h5-15,31H,4,16H2,1-3H3,(H,28,30)/b27-15-. The molecule has 0 aromatic heterocycles. The van der Waals surface area contributed by atoms with Gasteiger partial charge in [0.2, 0.25) is 0 Å². The number of carbonyl (C=O) groups excluding carboxylic acids is 1. The molecule has 3 aromatic rings. The van der Waals surface area contributed by atoms with E-state index in [1.54, 1.807) is 49.4 Å². The number of aryl methyl sites for hydroxylation is 1. The summed E-state index contributed by atoms with van der Waals surface area (Å²) in [6.07, 6.45) is 1.34. The van der Waals surface area contributed by atoms with Gasteiger partial charge in [0.05, 0.1) is 35.0 Å². The SMILES string of the molecule is CCOc1ccccc1N(CC(=O)N/N=C\c1cc(Br)c(O)c(OC)c1)S(=O)(=O)c1ccc(C)cc1. The summed E-state index contributed by atoms with van der Waals surface area (Å²) in [4.78, 5) is 12.9. The van der Waals surface area contributed by atoms with Gasteiger partial charge < -0.3 is 14.6 Å². The highest BCUT2D eigenvalue weighted by atomic mass is 79.9. The Morgan fingerprint density at radius 2 is 1.83 bits per heavy atom. The highest BCUT2D eigenvalue weighted by molar-refractivity contribution is 9.10. The molecular formula is C25H26BrN3O6S. The molecule has 0 fully saturated rings.